The molecular formula is C7H10ClNO2S. The molecule has 1 aliphatic heterocycles. The minimum Gasteiger partial charge on any atom is -0.305 e. The lowest BCUT2D eigenvalue weighted by Crippen LogP contribution is -2.13. The zero-order valence-electron chi connectivity index (χ0n) is 6.75. The van der Waals surface area contributed by atoms with Gasteiger partial charge in [0.1, 0.15) is 0 Å². The van der Waals surface area contributed by atoms with E-state index < -0.39 is 9.05 Å². The van der Waals surface area contributed by atoms with Crippen LogP contribution in [-0.4, -0.2) is 33.5 Å². The SMILES string of the molecule is CN1CCC(C#CS(=O)(=O)Cl)C1. The van der Waals surface area contributed by atoms with Gasteiger partial charge in [0.15, 0.2) is 0 Å². The van der Waals surface area contributed by atoms with E-state index in [9.17, 15) is 8.42 Å². The van der Waals surface area contributed by atoms with Gasteiger partial charge in [0.25, 0.3) is 0 Å². The van der Waals surface area contributed by atoms with Crippen molar-refractivity contribution < 1.29 is 8.42 Å². The van der Waals surface area contributed by atoms with Crippen LogP contribution >= 0.6 is 10.7 Å². The summed E-state index contributed by atoms with van der Waals surface area (Å²) in [5.74, 6) is 2.80. The summed E-state index contributed by atoms with van der Waals surface area (Å²) in [6, 6.07) is 0. The van der Waals surface area contributed by atoms with Gasteiger partial charge < -0.3 is 4.90 Å². The monoisotopic (exact) mass is 207 g/mol. The van der Waals surface area contributed by atoms with E-state index in [1.54, 1.807) is 0 Å². The molecule has 0 bridgehead atoms. The molecular weight excluding hydrogens is 198 g/mol. The second-order valence-corrected chi connectivity index (χ2v) is 5.23. The van der Waals surface area contributed by atoms with Gasteiger partial charge in [-0.1, -0.05) is 5.92 Å². The van der Waals surface area contributed by atoms with Crippen molar-refractivity contribution in [3.8, 4) is 11.2 Å². The number of halogens is 1. The van der Waals surface area contributed by atoms with Crippen LogP contribution < -0.4 is 0 Å². The lowest BCUT2D eigenvalue weighted by molar-refractivity contribution is 0.409. The Balaban J connectivity index is 2.56. The van der Waals surface area contributed by atoms with E-state index in [2.05, 4.69) is 10.8 Å². The van der Waals surface area contributed by atoms with Crippen molar-refractivity contribution in [2.24, 2.45) is 5.92 Å². The normalized spacial score (nSPS) is 25.0. The molecule has 1 fully saturated rings. The van der Waals surface area contributed by atoms with E-state index >= 15 is 0 Å². The zero-order chi connectivity index (χ0) is 9.19. The van der Waals surface area contributed by atoms with Crippen LogP contribution in [0.2, 0.25) is 0 Å². The van der Waals surface area contributed by atoms with Gasteiger partial charge in [0.05, 0.1) is 0 Å². The first-order valence-electron chi connectivity index (χ1n) is 3.63. The molecule has 12 heavy (non-hydrogen) atoms. The second kappa shape index (κ2) is 3.65. The first kappa shape index (κ1) is 9.85. The van der Waals surface area contributed by atoms with Gasteiger partial charge in [0.2, 0.25) is 0 Å². The average molecular weight is 208 g/mol. The van der Waals surface area contributed by atoms with Crippen molar-refractivity contribution in [1.82, 2.24) is 4.90 Å². The summed E-state index contributed by atoms with van der Waals surface area (Å²) in [4.78, 5) is 2.11. The maximum atomic E-state index is 10.4. The van der Waals surface area contributed by atoms with Gasteiger partial charge in [-0.05, 0) is 20.0 Å². The third-order valence-corrected chi connectivity index (χ3v) is 2.37. The molecule has 0 amide bonds. The molecule has 0 radical (unpaired) electrons. The summed E-state index contributed by atoms with van der Waals surface area (Å²) in [7, 11) is 3.28. The first-order valence-corrected chi connectivity index (χ1v) is 5.94. The van der Waals surface area contributed by atoms with Crippen molar-refractivity contribution >= 4 is 19.7 Å². The Labute approximate surface area is 77.1 Å². The number of likely N-dealkylation sites (tertiary alicyclic amines) is 1. The van der Waals surface area contributed by atoms with E-state index in [1.807, 2.05) is 12.3 Å². The third-order valence-electron chi connectivity index (χ3n) is 1.78. The predicted molar refractivity (Wildman–Crippen MR) is 48.2 cm³/mol. The number of hydrogen-bond acceptors (Lipinski definition) is 3. The Morgan fingerprint density at radius 1 is 1.58 bits per heavy atom. The fourth-order valence-electron chi connectivity index (χ4n) is 1.21. The first-order chi connectivity index (χ1) is 5.47. The molecule has 0 aromatic rings. The van der Waals surface area contributed by atoms with Gasteiger partial charge >= 0.3 is 9.05 Å². The lowest BCUT2D eigenvalue weighted by Gasteiger charge is -2.03. The standard InChI is InChI=1S/C7H10ClNO2S/c1-9-4-2-7(6-9)3-5-12(8,10)11/h7H,2,4,6H2,1H3. The molecule has 0 aliphatic carbocycles. The Morgan fingerprint density at radius 3 is 2.67 bits per heavy atom. The number of nitrogens with zero attached hydrogens (tertiary/aromatic N) is 1. The average Bonchev–Trinajstić information content (AvgIpc) is 2.30. The highest BCUT2D eigenvalue weighted by molar-refractivity contribution is 8.17. The van der Waals surface area contributed by atoms with Crippen molar-refractivity contribution in [2.45, 2.75) is 6.42 Å². The minimum absolute atomic E-state index is 0.156. The minimum atomic E-state index is -3.64. The molecule has 0 saturated carbocycles. The van der Waals surface area contributed by atoms with E-state index in [0.29, 0.717) is 0 Å². The van der Waals surface area contributed by atoms with Crippen molar-refractivity contribution in [3.05, 3.63) is 0 Å². The fourth-order valence-corrected chi connectivity index (χ4v) is 1.65. The van der Waals surface area contributed by atoms with Crippen LogP contribution in [0.25, 0.3) is 0 Å². The molecule has 1 atom stereocenters. The quantitative estimate of drug-likeness (QED) is 0.428. The van der Waals surface area contributed by atoms with Gasteiger partial charge in [0, 0.05) is 28.4 Å². The molecule has 1 rings (SSSR count). The summed E-state index contributed by atoms with van der Waals surface area (Å²) >= 11 is 0. The van der Waals surface area contributed by atoms with Gasteiger partial charge in [-0.15, -0.1) is 0 Å². The molecule has 0 aromatic heterocycles. The van der Waals surface area contributed by atoms with Crippen molar-refractivity contribution in [1.29, 1.82) is 0 Å². The number of hydrogen-bond donors (Lipinski definition) is 0. The molecule has 3 nitrogen and oxygen atoms in total. The van der Waals surface area contributed by atoms with Crippen LogP contribution in [0.4, 0.5) is 0 Å². The molecule has 0 spiro atoms. The Kier molecular flexibility index (Phi) is 2.99. The Hall–Kier alpha value is -0.240. The molecule has 0 N–H and O–H groups in total. The molecule has 5 heteroatoms. The Bertz CT molecular complexity index is 314. The van der Waals surface area contributed by atoms with Crippen molar-refractivity contribution in [3.63, 3.8) is 0 Å². The summed E-state index contributed by atoms with van der Waals surface area (Å²) < 4.78 is 20.9. The van der Waals surface area contributed by atoms with Crippen molar-refractivity contribution in [2.75, 3.05) is 20.1 Å². The van der Waals surface area contributed by atoms with Crippen LogP contribution in [-0.2, 0) is 9.05 Å². The topological polar surface area (TPSA) is 37.4 Å². The number of rotatable bonds is 0. The molecule has 1 saturated heterocycles. The molecule has 1 unspecified atom stereocenters. The summed E-state index contributed by atoms with van der Waals surface area (Å²) in [6.07, 6.45) is 0.926. The highest BCUT2D eigenvalue weighted by Gasteiger charge is 2.17. The molecule has 0 aromatic carbocycles. The summed E-state index contributed by atoms with van der Waals surface area (Å²) in [5, 5.41) is 2.05. The zero-order valence-corrected chi connectivity index (χ0v) is 8.32. The van der Waals surface area contributed by atoms with Crippen LogP contribution in [0.5, 0.6) is 0 Å². The van der Waals surface area contributed by atoms with Gasteiger partial charge in [-0.3, -0.25) is 0 Å². The highest BCUT2D eigenvalue weighted by atomic mass is 35.7. The van der Waals surface area contributed by atoms with Gasteiger partial charge in [-0.2, -0.15) is 8.42 Å². The van der Waals surface area contributed by atoms with Crippen LogP contribution in [0.1, 0.15) is 6.42 Å². The van der Waals surface area contributed by atoms with Gasteiger partial charge in [-0.25, -0.2) is 0 Å². The second-order valence-electron chi connectivity index (χ2n) is 2.93. The third kappa shape index (κ3) is 3.44. The van der Waals surface area contributed by atoms with Crippen LogP contribution in [0, 0.1) is 17.1 Å². The fraction of sp³-hybridized carbons (Fsp3) is 0.714. The maximum absolute atomic E-state index is 10.4. The highest BCUT2D eigenvalue weighted by Crippen LogP contribution is 2.12. The van der Waals surface area contributed by atoms with Crippen LogP contribution in [0.3, 0.4) is 0 Å². The maximum Gasteiger partial charge on any atom is 0.300 e. The molecule has 1 heterocycles. The molecule has 1 aliphatic rings. The van der Waals surface area contributed by atoms with E-state index in [0.717, 1.165) is 19.5 Å². The summed E-state index contributed by atoms with van der Waals surface area (Å²) in [6.45, 7) is 1.81. The predicted octanol–water partition coefficient (Wildman–Crippen LogP) is 0.468. The van der Waals surface area contributed by atoms with E-state index in [-0.39, 0.29) is 5.92 Å². The van der Waals surface area contributed by atoms with E-state index in [4.69, 9.17) is 10.7 Å². The van der Waals surface area contributed by atoms with E-state index in [1.165, 1.54) is 0 Å². The Morgan fingerprint density at radius 2 is 2.25 bits per heavy atom. The lowest BCUT2D eigenvalue weighted by atomic mass is 10.1. The smallest absolute Gasteiger partial charge is 0.300 e. The molecule has 68 valence electrons. The van der Waals surface area contributed by atoms with Crippen LogP contribution in [0.15, 0.2) is 0 Å². The largest absolute Gasteiger partial charge is 0.305 e. The summed E-state index contributed by atoms with van der Waals surface area (Å²) in [5.41, 5.74) is 0.